The van der Waals surface area contributed by atoms with Gasteiger partial charge in [-0.3, -0.25) is 4.57 Å². The normalized spacial score (nSPS) is 10.5. The van der Waals surface area contributed by atoms with Gasteiger partial charge in [-0.1, -0.05) is 12.1 Å². The molecule has 0 radical (unpaired) electrons. The SMILES string of the molecule is Cc1nc2cc(N)ccc2n1-c1ccccc1C#N. The topological polar surface area (TPSA) is 67.6 Å². The number of nitriles is 1. The smallest absolute Gasteiger partial charge is 0.111 e. The number of imidazole rings is 1. The molecule has 2 N–H and O–H groups in total. The van der Waals surface area contributed by atoms with Gasteiger partial charge in [-0.2, -0.15) is 5.26 Å². The predicted octanol–water partition coefficient (Wildman–Crippen LogP) is 2.79. The first-order chi connectivity index (χ1) is 9.20. The average Bonchev–Trinajstić information content (AvgIpc) is 2.73. The lowest BCUT2D eigenvalue weighted by Crippen LogP contribution is -1.99. The number of nitrogens with zero attached hydrogens (tertiary/aromatic N) is 3. The van der Waals surface area contributed by atoms with Gasteiger partial charge < -0.3 is 5.73 Å². The quantitative estimate of drug-likeness (QED) is 0.673. The van der Waals surface area contributed by atoms with Crippen molar-refractivity contribution in [3.8, 4) is 11.8 Å². The van der Waals surface area contributed by atoms with E-state index in [0.29, 0.717) is 11.3 Å². The van der Waals surface area contributed by atoms with Gasteiger partial charge in [-0.05, 0) is 37.3 Å². The molecule has 0 unspecified atom stereocenters. The molecule has 0 saturated heterocycles. The van der Waals surface area contributed by atoms with E-state index in [1.54, 1.807) is 6.07 Å². The summed E-state index contributed by atoms with van der Waals surface area (Å²) in [5.74, 6) is 0.836. The number of aryl methyl sites for hydroxylation is 1. The Hall–Kier alpha value is -2.80. The van der Waals surface area contributed by atoms with Crippen LogP contribution in [0.25, 0.3) is 16.7 Å². The molecule has 0 fully saturated rings. The van der Waals surface area contributed by atoms with Crippen molar-refractivity contribution in [3.63, 3.8) is 0 Å². The van der Waals surface area contributed by atoms with E-state index in [1.807, 2.05) is 47.9 Å². The Bertz CT molecular complexity index is 809. The van der Waals surface area contributed by atoms with Crippen LogP contribution in [0.1, 0.15) is 11.4 Å². The maximum Gasteiger partial charge on any atom is 0.111 e. The molecule has 0 bridgehead atoms. The van der Waals surface area contributed by atoms with Gasteiger partial charge in [0.05, 0.1) is 22.3 Å². The molecular weight excluding hydrogens is 236 g/mol. The van der Waals surface area contributed by atoms with Crippen molar-refractivity contribution in [2.75, 3.05) is 5.73 Å². The second-order valence-corrected chi connectivity index (χ2v) is 4.37. The van der Waals surface area contributed by atoms with E-state index >= 15 is 0 Å². The van der Waals surface area contributed by atoms with Crippen molar-refractivity contribution in [1.82, 2.24) is 9.55 Å². The summed E-state index contributed by atoms with van der Waals surface area (Å²) in [6.07, 6.45) is 0. The van der Waals surface area contributed by atoms with Crippen LogP contribution in [0.4, 0.5) is 5.69 Å². The van der Waals surface area contributed by atoms with Gasteiger partial charge in [0.2, 0.25) is 0 Å². The lowest BCUT2D eigenvalue weighted by molar-refractivity contribution is 0.997. The lowest BCUT2D eigenvalue weighted by Gasteiger charge is -2.08. The first kappa shape index (κ1) is 11.3. The number of aromatic nitrogens is 2. The first-order valence-corrected chi connectivity index (χ1v) is 5.95. The highest BCUT2D eigenvalue weighted by Crippen LogP contribution is 2.24. The summed E-state index contributed by atoms with van der Waals surface area (Å²) < 4.78 is 1.98. The van der Waals surface area contributed by atoms with Crippen LogP contribution in [0.2, 0.25) is 0 Å². The summed E-state index contributed by atoms with van der Waals surface area (Å²) in [6.45, 7) is 1.92. The zero-order chi connectivity index (χ0) is 13.4. The van der Waals surface area contributed by atoms with Crippen molar-refractivity contribution >= 4 is 16.7 Å². The molecule has 1 aromatic heterocycles. The minimum atomic E-state index is 0.627. The summed E-state index contributed by atoms with van der Waals surface area (Å²) in [7, 11) is 0. The summed E-state index contributed by atoms with van der Waals surface area (Å²) in [4.78, 5) is 4.50. The van der Waals surface area contributed by atoms with E-state index in [2.05, 4.69) is 11.1 Å². The van der Waals surface area contributed by atoms with Crippen LogP contribution in [-0.4, -0.2) is 9.55 Å². The molecule has 4 nitrogen and oxygen atoms in total. The van der Waals surface area contributed by atoms with Crippen LogP contribution in [0.3, 0.4) is 0 Å². The largest absolute Gasteiger partial charge is 0.399 e. The molecule has 2 aromatic carbocycles. The Morgan fingerprint density at radius 2 is 2.00 bits per heavy atom. The summed E-state index contributed by atoms with van der Waals surface area (Å²) >= 11 is 0. The van der Waals surface area contributed by atoms with E-state index in [4.69, 9.17) is 5.73 Å². The number of fused-ring (bicyclic) bond motifs is 1. The number of rotatable bonds is 1. The van der Waals surface area contributed by atoms with E-state index in [1.165, 1.54) is 0 Å². The Morgan fingerprint density at radius 1 is 1.21 bits per heavy atom. The van der Waals surface area contributed by atoms with Gasteiger partial charge in [0.1, 0.15) is 11.9 Å². The second-order valence-electron chi connectivity index (χ2n) is 4.37. The molecule has 92 valence electrons. The van der Waals surface area contributed by atoms with Gasteiger partial charge >= 0.3 is 0 Å². The van der Waals surface area contributed by atoms with Crippen LogP contribution in [-0.2, 0) is 0 Å². The molecule has 3 aromatic rings. The number of hydrogen-bond donors (Lipinski definition) is 1. The molecule has 0 atom stereocenters. The average molecular weight is 248 g/mol. The monoisotopic (exact) mass is 248 g/mol. The minimum Gasteiger partial charge on any atom is -0.399 e. The third-order valence-electron chi connectivity index (χ3n) is 3.11. The molecule has 4 heteroatoms. The van der Waals surface area contributed by atoms with E-state index in [9.17, 15) is 5.26 Å². The van der Waals surface area contributed by atoms with E-state index in [-0.39, 0.29) is 0 Å². The molecule has 19 heavy (non-hydrogen) atoms. The maximum absolute atomic E-state index is 9.22. The van der Waals surface area contributed by atoms with Crippen molar-refractivity contribution in [1.29, 1.82) is 5.26 Å². The van der Waals surface area contributed by atoms with Gasteiger partial charge in [-0.15, -0.1) is 0 Å². The number of nitrogens with two attached hydrogens (primary N) is 1. The van der Waals surface area contributed by atoms with Crippen molar-refractivity contribution in [3.05, 3.63) is 53.9 Å². The Kier molecular flexibility index (Phi) is 2.46. The number of para-hydroxylation sites is 1. The van der Waals surface area contributed by atoms with E-state index < -0.39 is 0 Å². The molecular formula is C15H12N4. The number of benzene rings is 2. The molecule has 0 amide bonds. The maximum atomic E-state index is 9.22. The van der Waals surface area contributed by atoms with Crippen molar-refractivity contribution < 1.29 is 0 Å². The molecule has 0 aliphatic carbocycles. The van der Waals surface area contributed by atoms with Gasteiger partial charge in [0.25, 0.3) is 0 Å². The van der Waals surface area contributed by atoms with Crippen LogP contribution < -0.4 is 5.73 Å². The Balaban J connectivity index is 2.37. The van der Waals surface area contributed by atoms with Crippen LogP contribution in [0.15, 0.2) is 42.5 Å². The zero-order valence-corrected chi connectivity index (χ0v) is 10.5. The number of nitrogen functional groups attached to an aromatic ring is 1. The van der Waals surface area contributed by atoms with Gasteiger partial charge in [0, 0.05) is 5.69 Å². The summed E-state index contributed by atoms with van der Waals surface area (Å²) in [5, 5.41) is 9.22. The fraction of sp³-hybridized carbons (Fsp3) is 0.0667. The summed E-state index contributed by atoms with van der Waals surface area (Å²) in [5.41, 5.74) is 9.72. The third kappa shape index (κ3) is 1.72. The van der Waals surface area contributed by atoms with Crippen LogP contribution in [0, 0.1) is 18.3 Å². The highest BCUT2D eigenvalue weighted by atomic mass is 15.1. The predicted molar refractivity (Wildman–Crippen MR) is 74.9 cm³/mol. The Morgan fingerprint density at radius 3 is 2.79 bits per heavy atom. The molecule has 0 spiro atoms. The molecule has 0 aliphatic rings. The van der Waals surface area contributed by atoms with Crippen LogP contribution in [0.5, 0.6) is 0 Å². The lowest BCUT2D eigenvalue weighted by atomic mass is 10.2. The highest BCUT2D eigenvalue weighted by Gasteiger charge is 2.12. The fourth-order valence-corrected chi connectivity index (χ4v) is 2.28. The number of hydrogen-bond acceptors (Lipinski definition) is 3. The fourth-order valence-electron chi connectivity index (χ4n) is 2.28. The van der Waals surface area contributed by atoms with Crippen molar-refractivity contribution in [2.24, 2.45) is 0 Å². The van der Waals surface area contributed by atoms with Crippen molar-refractivity contribution in [2.45, 2.75) is 6.92 Å². The zero-order valence-electron chi connectivity index (χ0n) is 10.5. The molecule has 0 aliphatic heterocycles. The first-order valence-electron chi connectivity index (χ1n) is 5.95. The molecule has 0 saturated carbocycles. The minimum absolute atomic E-state index is 0.627. The third-order valence-corrected chi connectivity index (χ3v) is 3.11. The van der Waals surface area contributed by atoms with E-state index in [0.717, 1.165) is 22.5 Å². The molecule has 3 rings (SSSR count). The Labute approximate surface area is 110 Å². The highest BCUT2D eigenvalue weighted by molar-refractivity contribution is 5.82. The van der Waals surface area contributed by atoms with Gasteiger partial charge in [-0.25, -0.2) is 4.98 Å². The van der Waals surface area contributed by atoms with Crippen LogP contribution >= 0.6 is 0 Å². The number of anilines is 1. The summed E-state index contributed by atoms with van der Waals surface area (Å²) in [6, 6.07) is 15.3. The second kappa shape index (κ2) is 4.14. The standard InChI is InChI=1S/C15H12N4/c1-10-18-13-8-12(17)6-7-15(13)19(10)14-5-3-2-4-11(14)9-16/h2-8H,17H2,1H3. The van der Waals surface area contributed by atoms with Gasteiger partial charge in [0.15, 0.2) is 0 Å². The molecule has 1 heterocycles.